The molecule has 4 rings (SSSR count). The van der Waals surface area contributed by atoms with Crippen molar-refractivity contribution in [3.8, 4) is 5.75 Å². The van der Waals surface area contributed by atoms with Crippen molar-refractivity contribution in [2.24, 2.45) is 0 Å². The summed E-state index contributed by atoms with van der Waals surface area (Å²) >= 11 is 0. The van der Waals surface area contributed by atoms with Gasteiger partial charge < -0.3 is 5.11 Å². The molecule has 1 N–H and O–H groups in total. The molecule has 1 nitrogen and oxygen atoms in total. The smallest absolute Gasteiger partial charge is 0.115 e. The van der Waals surface area contributed by atoms with E-state index in [-0.39, 0.29) is 5.41 Å². The molecule has 1 heteroatoms. The minimum absolute atomic E-state index is 0.176. The Morgan fingerprint density at radius 2 is 1.53 bits per heavy atom. The molecule has 2 aliphatic carbocycles. The summed E-state index contributed by atoms with van der Waals surface area (Å²) in [6.45, 7) is 2.17. The fourth-order valence-electron chi connectivity index (χ4n) is 4.09. The van der Waals surface area contributed by atoms with Gasteiger partial charge in [0.25, 0.3) is 0 Å². The number of phenols is 1. The maximum Gasteiger partial charge on any atom is 0.115 e. The minimum Gasteiger partial charge on any atom is -0.508 e. The Kier molecular flexibility index (Phi) is 2.12. The van der Waals surface area contributed by atoms with Gasteiger partial charge in [0.05, 0.1) is 0 Å². The summed E-state index contributed by atoms with van der Waals surface area (Å²) in [6, 6.07) is 12.8. The van der Waals surface area contributed by atoms with Crippen molar-refractivity contribution in [3.05, 3.63) is 64.2 Å². The monoisotopic (exact) mass is 250 g/mol. The van der Waals surface area contributed by atoms with Crippen LogP contribution in [-0.2, 0) is 18.3 Å². The van der Waals surface area contributed by atoms with Crippen molar-refractivity contribution < 1.29 is 5.11 Å². The zero-order valence-corrected chi connectivity index (χ0v) is 11.2. The fraction of sp³-hybridized carbons (Fsp3) is 0.333. The quantitative estimate of drug-likeness (QED) is 0.752. The molecular weight excluding hydrogens is 232 g/mol. The molecule has 96 valence electrons. The summed E-state index contributed by atoms with van der Waals surface area (Å²) in [5.74, 6) is 0.404. The molecule has 0 amide bonds. The lowest BCUT2D eigenvalue weighted by molar-refractivity contribution is 0.468. The SMILES string of the molecule is Cc1ccc2c(c1)C1(CC2)CCc2ccc(O)cc21. The third kappa shape index (κ3) is 1.42. The number of hydrogen-bond acceptors (Lipinski definition) is 1. The normalized spacial score (nSPS) is 23.6. The molecule has 0 heterocycles. The predicted octanol–water partition coefficient (Wildman–Crippen LogP) is 3.88. The number of fused-ring (bicyclic) bond motifs is 4. The Bertz CT molecular complexity index is 610. The fourth-order valence-corrected chi connectivity index (χ4v) is 4.09. The van der Waals surface area contributed by atoms with Crippen LogP contribution in [0, 0.1) is 6.92 Å². The van der Waals surface area contributed by atoms with Gasteiger partial charge in [-0.1, -0.05) is 29.8 Å². The van der Waals surface area contributed by atoms with Crippen LogP contribution in [-0.4, -0.2) is 5.11 Å². The molecule has 0 fully saturated rings. The van der Waals surface area contributed by atoms with Gasteiger partial charge in [-0.15, -0.1) is 0 Å². The number of rotatable bonds is 0. The van der Waals surface area contributed by atoms with Crippen molar-refractivity contribution in [2.75, 3.05) is 0 Å². The van der Waals surface area contributed by atoms with Gasteiger partial charge in [0, 0.05) is 5.41 Å². The molecule has 2 aromatic rings. The van der Waals surface area contributed by atoms with Crippen molar-refractivity contribution in [3.63, 3.8) is 0 Å². The summed E-state index contributed by atoms with van der Waals surface area (Å²) < 4.78 is 0. The van der Waals surface area contributed by atoms with E-state index in [0.717, 1.165) is 6.42 Å². The van der Waals surface area contributed by atoms with E-state index in [1.165, 1.54) is 47.1 Å². The highest BCUT2D eigenvalue weighted by Crippen LogP contribution is 2.52. The summed E-state index contributed by atoms with van der Waals surface area (Å²) in [5.41, 5.74) is 7.33. The Labute approximate surface area is 113 Å². The average Bonchev–Trinajstić information content (AvgIpc) is 2.94. The predicted molar refractivity (Wildman–Crippen MR) is 76.7 cm³/mol. The maximum atomic E-state index is 9.84. The standard InChI is InChI=1S/C18H18O/c1-12-2-3-13-6-8-18(16(13)10-12)9-7-14-4-5-15(19)11-17(14)18/h2-5,10-11,19H,6-9H2,1H3. The van der Waals surface area contributed by atoms with Crippen molar-refractivity contribution >= 4 is 0 Å². The second-order valence-corrected chi connectivity index (χ2v) is 6.08. The van der Waals surface area contributed by atoms with Crippen LogP contribution in [0.4, 0.5) is 0 Å². The molecule has 1 spiro atoms. The molecule has 2 aromatic carbocycles. The lowest BCUT2D eigenvalue weighted by Gasteiger charge is -2.27. The van der Waals surface area contributed by atoms with Crippen LogP contribution >= 0.6 is 0 Å². The average molecular weight is 250 g/mol. The highest BCUT2D eigenvalue weighted by atomic mass is 16.3. The first-order chi connectivity index (χ1) is 9.19. The van der Waals surface area contributed by atoms with Gasteiger partial charge >= 0.3 is 0 Å². The highest BCUT2D eigenvalue weighted by molar-refractivity contribution is 5.55. The molecule has 0 bridgehead atoms. The Hall–Kier alpha value is -1.76. The topological polar surface area (TPSA) is 20.2 Å². The van der Waals surface area contributed by atoms with Gasteiger partial charge in [-0.2, -0.15) is 0 Å². The van der Waals surface area contributed by atoms with Gasteiger partial charge in [0.15, 0.2) is 0 Å². The molecule has 19 heavy (non-hydrogen) atoms. The summed E-state index contributed by atoms with van der Waals surface area (Å²) in [6.07, 6.45) is 4.71. The highest BCUT2D eigenvalue weighted by Gasteiger charge is 2.44. The molecule has 0 saturated carbocycles. The Morgan fingerprint density at radius 1 is 0.895 bits per heavy atom. The minimum atomic E-state index is 0.176. The van der Waals surface area contributed by atoms with E-state index in [0.29, 0.717) is 5.75 Å². The van der Waals surface area contributed by atoms with E-state index in [2.05, 4.69) is 31.2 Å². The first kappa shape index (κ1) is 11.1. The zero-order chi connectivity index (χ0) is 13.0. The molecule has 0 aromatic heterocycles. The van der Waals surface area contributed by atoms with E-state index in [1.807, 2.05) is 12.1 Å². The molecule has 1 atom stereocenters. The Balaban J connectivity index is 1.97. The third-order valence-corrected chi connectivity index (χ3v) is 5.03. The van der Waals surface area contributed by atoms with Gasteiger partial charge in [0.2, 0.25) is 0 Å². The largest absolute Gasteiger partial charge is 0.508 e. The van der Waals surface area contributed by atoms with Gasteiger partial charge in [-0.05, 0) is 67.0 Å². The second kappa shape index (κ2) is 3.63. The lowest BCUT2D eigenvalue weighted by Crippen LogP contribution is -2.21. The first-order valence-corrected chi connectivity index (χ1v) is 7.11. The Morgan fingerprint density at radius 3 is 2.26 bits per heavy atom. The maximum absolute atomic E-state index is 9.84. The van der Waals surface area contributed by atoms with Crippen LogP contribution in [0.15, 0.2) is 36.4 Å². The molecule has 0 aliphatic heterocycles. The molecule has 1 unspecified atom stereocenters. The molecule has 0 radical (unpaired) electrons. The van der Waals surface area contributed by atoms with Crippen molar-refractivity contribution in [1.82, 2.24) is 0 Å². The summed E-state index contributed by atoms with van der Waals surface area (Å²) in [7, 11) is 0. The molecular formula is C18H18O. The van der Waals surface area contributed by atoms with E-state index in [9.17, 15) is 5.11 Å². The van der Waals surface area contributed by atoms with Crippen molar-refractivity contribution in [2.45, 2.75) is 38.0 Å². The number of hydrogen-bond donors (Lipinski definition) is 1. The van der Waals surface area contributed by atoms with Crippen molar-refractivity contribution in [1.29, 1.82) is 0 Å². The van der Waals surface area contributed by atoms with Crippen LogP contribution in [0.2, 0.25) is 0 Å². The van der Waals surface area contributed by atoms with Crippen LogP contribution in [0.1, 0.15) is 40.7 Å². The van der Waals surface area contributed by atoms with Crippen LogP contribution < -0.4 is 0 Å². The number of aryl methyl sites for hydroxylation is 3. The van der Waals surface area contributed by atoms with E-state index in [4.69, 9.17) is 0 Å². The van der Waals surface area contributed by atoms with Gasteiger partial charge in [0.1, 0.15) is 5.75 Å². The summed E-state index contributed by atoms with van der Waals surface area (Å²) in [5, 5.41) is 9.84. The third-order valence-electron chi connectivity index (χ3n) is 5.03. The number of aromatic hydroxyl groups is 1. The van der Waals surface area contributed by atoms with E-state index in [1.54, 1.807) is 0 Å². The van der Waals surface area contributed by atoms with Gasteiger partial charge in [-0.3, -0.25) is 0 Å². The van der Waals surface area contributed by atoms with E-state index < -0.39 is 0 Å². The van der Waals surface area contributed by atoms with Crippen LogP contribution in [0.25, 0.3) is 0 Å². The summed E-state index contributed by atoms with van der Waals surface area (Å²) in [4.78, 5) is 0. The van der Waals surface area contributed by atoms with Crippen LogP contribution in [0.5, 0.6) is 5.75 Å². The van der Waals surface area contributed by atoms with Crippen LogP contribution in [0.3, 0.4) is 0 Å². The zero-order valence-electron chi connectivity index (χ0n) is 11.2. The number of benzene rings is 2. The van der Waals surface area contributed by atoms with Gasteiger partial charge in [-0.25, -0.2) is 0 Å². The second-order valence-electron chi connectivity index (χ2n) is 6.08. The van der Waals surface area contributed by atoms with E-state index >= 15 is 0 Å². The molecule has 0 saturated heterocycles. The molecule has 2 aliphatic rings. The lowest BCUT2D eigenvalue weighted by atomic mass is 9.76. The first-order valence-electron chi connectivity index (χ1n) is 7.11. The number of phenolic OH excluding ortho intramolecular Hbond substituents is 1.